The Bertz CT molecular complexity index is 60.7. The third-order valence-corrected chi connectivity index (χ3v) is 1.32. The third-order valence-electron chi connectivity index (χ3n) is 1.32. The van der Waals surface area contributed by atoms with E-state index in [1.54, 1.807) is 0 Å². The molecule has 2 nitrogen and oxygen atoms in total. The minimum absolute atomic E-state index is 0.245. The minimum Gasteiger partial charge on any atom is -0.271 e. The Kier molecular flexibility index (Phi) is 1.25. The summed E-state index contributed by atoms with van der Waals surface area (Å²) in [6.45, 7) is 0. The lowest BCUT2D eigenvalue weighted by atomic mass is 9.92. The van der Waals surface area contributed by atoms with Crippen molar-refractivity contribution in [2.24, 2.45) is 5.84 Å². The SMILES string of the molecule is NNC1CC(F)C1. The minimum atomic E-state index is -0.596. The van der Waals surface area contributed by atoms with Crippen LogP contribution in [0.4, 0.5) is 4.39 Å². The van der Waals surface area contributed by atoms with Crippen LogP contribution in [-0.4, -0.2) is 12.2 Å². The largest absolute Gasteiger partial charge is 0.271 e. The standard InChI is InChI=1S/C4H9FN2/c5-3-1-4(2-3)7-6/h3-4,7H,1-2,6H2. The first-order valence-corrected chi connectivity index (χ1v) is 2.43. The first-order chi connectivity index (χ1) is 3.33. The maximum Gasteiger partial charge on any atom is 0.103 e. The Morgan fingerprint density at radius 3 is 2.29 bits per heavy atom. The maximum atomic E-state index is 11.9. The molecule has 1 aliphatic carbocycles. The van der Waals surface area contributed by atoms with Gasteiger partial charge >= 0.3 is 0 Å². The molecule has 1 aliphatic rings. The highest BCUT2D eigenvalue weighted by Gasteiger charge is 2.27. The Balaban J connectivity index is 2.06. The third kappa shape index (κ3) is 0.894. The molecule has 0 spiro atoms. The van der Waals surface area contributed by atoms with E-state index in [4.69, 9.17) is 5.84 Å². The second-order valence-electron chi connectivity index (χ2n) is 1.93. The number of nitrogens with one attached hydrogen (secondary N) is 1. The highest BCUT2D eigenvalue weighted by molar-refractivity contribution is 4.82. The zero-order valence-corrected chi connectivity index (χ0v) is 4.02. The number of nitrogens with two attached hydrogens (primary N) is 1. The van der Waals surface area contributed by atoms with E-state index in [0.29, 0.717) is 12.8 Å². The van der Waals surface area contributed by atoms with Gasteiger partial charge in [-0.3, -0.25) is 11.3 Å². The van der Waals surface area contributed by atoms with Crippen molar-refractivity contribution in [2.75, 3.05) is 0 Å². The van der Waals surface area contributed by atoms with E-state index in [1.807, 2.05) is 0 Å². The van der Waals surface area contributed by atoms with E-state index < -0.39 is 6.17 Å². The first kappa shape index (κ1) is 5.00. The van der Waals surface area contributed by atoms with Crippen LogP contribution in [0.15, 0.2) is 0 Å². The van der Waals surface area contributed by atoms with E-state index in [1.165, 1.54) is 0 Å². The summed E-state index contributed by atoms with van der Waals surface area (Å²) in [6.07, 6.45) is 0.591. The van der Waals surface area contributed by atoms with Crippen LogP contribution in [0.1, 0.15) is 12.8 Å². The molecule has 0 aliphatic heterocycles. The molecule has 3 heteroatoms. The molecule has 0 amide bonds. The van der Waals surface area contributed by atoms with Gasteiger partial charge in [0.15, 0.2) is 0 Å². The molecular formula is C4H9FN2. The Morgan fingerprint density at radius 2 is 2.14 bits per heavy atom. The highest BCUT2D eigenvalue weighted by atomic mass is 19.1. The molecular weight excluding hydrogens is 95.1 g/mol. The van der Waals surface area contributed by atoms with E-state index >= 15 is 0 Å². The predicted molar refractivity (Wildman–Crippen MR) is 25.2 cm³/mol. The van der Waals surface area contributed by atoms with Crippen molar-refractivity contribution in [1.82, 2.24) is 5.43 Å². The van der Waals surface area contributed by atoms with E-state index in [9.17, 15) is 4.39 Å². The molecule has 0 atom stereocenters. The molecule has 0 aromatic carbocycles. The zero-order valence-electron chi connectivity index (χ0n) is 4.02. The van der Waals surface area contributed by atoms with Crippen molar-refractivity contribution in [3.63, 3.8) is 0 Å². The topological polar surface area (TPSA) is 38.0 Å². The number of halogens is 1. The summed E-state index contributed by atoms with van der Waals surface area (Å²) in [5, 5.41) is 0. The van der Waals surface area contributed by atoms with Crippen molar-refractivity contribution < 1.29 is 4.39 Å². The fraction of sp³-hybridized carbons (Fsp3) is 1.00. The van der Waals surface area contributed by atoms with Crippen LogP contribution in [0.2, 0.25) is 0 Å². The Morgan fingerprint density at radius 1 is 1.57 bits per heavy atom. The molecule has 0 radical (unpaired) electrons. The van der Waals surface area contributed by atoms with Crippen molar-refractivity contribution in [3.05, 3.63) is 0 Å². The lowest BCUT2D eigenvalue weighted by Crippen LogP contribution is -2.45. The predicted octanol–water partition coefficient (Wildman–Crippen LogP) is -0.0498. The van der Waals surface area contributed by atoms with Crippen LogP contribution < -0.4 is 11.3 Å². The average molecular weight is 104 g/mol. The summed E-state index contributed by atoms with van der Waals surface area (Å²) in [5.41, 5.74) is 2.49. The lowest BCUT2D eigenvalue weighted by Gasteiger charge is -2.28. The van der Waals surface area contributed by atoms with Gasteiger partial charge in [-0.05, 0) is 12.8 Å². The monoisotopic (exact) mass is 104 g/mol. The molecule has 1 fully saturated rings. The van der Waals surface area contributed by atoms with Crippen LogP contribution in [0.25, 0.3) is 0 Å². The van der Waals surface area contributed by atoms with Gasteiger partial charge in [0.2, 0.25) is 0 Å². The van der Waals surface area contributed by atoms with E-state index in [0.717, 1.165) is 0 Å². The molecule has 1 saturated carbocycles. The molecule has 0 aromatic heterocycles. The van der Waals surface area contributed by atoms with Crippen molar-refractivity contribution in [2.45, 2.75) is 25.1 Å². The number of rotatable bonds is 1. The second kappa shape index (κ2) is 1.76. The van der Waals surface area contributed by atoms with Crippen molar-refractivity contribution in [1.29, 1.82) is 0 Å². The zero-order chi connectivity index (χ0) is 5.28. The Hall–Kier alpha value is -0.150. The molecule has 0 bridgehead atoms. The summed E-state index contributed by atoms with van der Waals surface area (Å²) >= 11 is 0. The second-order valence-corrected chi connectivity index (χ2v) is 1.93. The van der Waals surface area contributed by atoms with Gasteiger partial charge in [0.25, 0.3) is 0 Å². The smallest absolute Gasteiger partial charge is 0.103 e. The highest BCUT2D eigenvalue weighted by Crippen LogP contribution is 2.21. The quantitative estimate of drug-likeness (QED) is 0.361. The molecule has 0 aromatic rings. The maximum absolute atomic E-state index is 11.9. The van der Waals surface area contributed by atoms with Crippen molar-refractivity contribution >= 4 is 0 Å². The number of hydrogen-bond donors (Lipinski definition) is 2. The molecule has 0 heterocycles. The van der Waals surface area contributed by atoms with Gasteiger partial charge < -0.3 is 0 Å². The van der Waals surface area contributed by atoms with Gasteiger partial charge in [0.1, 0.15) is 6.17 Å². The molecule has 1 rings (SSSR count). The van der Waals surface area contributed by atoms with Gasteiger partial charge in [0, 0.05) is 6.04 Å². The average Bonchev–Trinajstić information content (AvgIpc) is 1.58. The van der Waals surface area contributed by atoms with Crippen molar-refractivity contribution in [3.8, 4) is 0 Å². The molecule has 0 unspecified atom stereocenters. The fourth-order valence-corrected chi connectivity index (χ4v) is 0.684. The molecule has 7 heavy (non-hydrogen) atoms. The van der Waals surface area contributed by atoms with Gasteiger partial charge in [-0.15, -0.1) is 0 Å². The lowest BCUT2D eigenvalue weighted by molar-refractivity contribution is 0.156. The normalized spacial score (nSPS) is 40.3. The van der Waals surface area contributed by atoms with Crippen LogP contribution in [-0.2, 0) is 0 Å². The summed E-state index contributed by atoms with van der Waals surface area (Å²) in [4.78, 5) is 0. The molecule has 42 valence electrons. The fourth-order valence-electron chi connectivity index (χ4n) is 0.684. The van der Waals surface area contributed by atoms with Gasteiger partial charge in [-0.1, -0.05) is 0 Å². The van der Waals surface area contributed by atoms with Gasteiger partial charge in [-0.25, -0.2) is 4.39 Å². The van der Waals surface area contributed by atoms with Crippen LogP contribution in [0.3, 0.4) is 0 Å². The van der Waals surface area contributed by atoms with E-state index in [2.05, 4.69) is 5.43 Å². The van der Waals surface area contributed by atoms with Crippen LogP contribution in [0.5, 0.6) is 0 Å². The van der Waals surface area contributed by atoms with Crippen LogP contribution >= 0.6 is 0 Å². The number of alkyl halides is 1. The Labute approximate surface area is 41.9 Å². The molecule has 0 saturated heterocycles. The molecule has 3 N–H and O–H groups in total. The van der Waals surface area contributed by atoms with Crippen LogP contribution in [0, 0.1) is 0 Å². The van der Waals surface area contributed by atoms with Gasteiger partial charge in [0.05, 0.1) is 0 Å². The number of hydrogen-bond acceptors (Lipinski definition) is 2. The summed E-state index contributed by atoms with van der Waals surface area (Å²) < 4.78 is 11.9. The van der Waals surface area contributed by atoms with E-state index in [-0.39, 0.29) is 6.04 Å². The summed E-state index contributed by atoms with van der Waals surface area (Å²) in [6, 6.07) is 0.245. The first-order valence-electron chi connectivity index (χ1n) is 2.43. The van der Waals surface area contributed by atoms with Gasteiger partial charge in [-0.2, -0.15) is 0 Å². The summed E-state index contributed by atoms with van der Waals surface area (Å²) in [5.74, 6) is 4.98. The number of hydrazine groups is 1. The summed E-state index contributed by atoms with van der Waals surface area (Å²) in [7, 11) is 0.